The van der Waals surface area contributed by atoms with Crippen LogP contribution in [-0.4, -0.2) is 32.8 Å². The molecular weight excluding hydrogens is 434 g/mol. The maximum Gasteiger partial charge on any atom is 0.336 e. The number of nitrogens with zero attached hydrogens (tertiary/aromatic N) is 2. The highest BCUT2D eigenvalue weighted by Gasteiger charge is 2.38. The zero-order valence-corrected chi connectivity index (χ0v) is 18.5. The summed E-state index contributed by atoms with van der Waals surface area (Å²) in [5.74, 6) is -1.19. The van der Waals surface area contributed by atoms with Crippen molar-refractivity contribution in [1.82, 2.24) is 19.7 Å². The van der Waals surface area contributed by atoms with Crippen LogP contribution in [0.4, 0.5) is 5.82 Å². The van der Waals surface area contributed by atoms with Gasteiger partial charge in [-0.1, -0.05) is 48.5 Å². The number of hydrogen-bond donors (Lipinski definition) is 3. The second-order valence-corrected chi connectivity index (χ2v) is 7.86. The predicted octanol–water partition coefficient (Wildman–Crippen LogP) is 2.92. The number of aromatic nitrogens is 4. The Morgan fingerprint density at radius 2 is 1.68 bits per heavy atom. The minimum absolute atomic E-state index is 0.204. The topological polar surface area (TPSA) is 122 Å². The molecule has 0 fully saturated rings. The van der Waals surface area contributed by atoms with Crippen LogP contribution >= 0.6 is 0 Å². The lowest BCUT2D eigenvalue weighted by Crippen LogP contribution is -2.34. The van der Waals surface area contributed by atoms with E-state index >= 15 is 0 Å². The number of benzene rings is 2. The molecule has 3 heterocycles. The number of allylic oxidation sites excluding steroid dienone is 1. The fourth-order valence-corrected chi connectivity index (χ4v) is 4.31. The number of anilines is 1. The van der Waals surface area contributed by atoms with Crippen molar-refractivity contribution in [3.05, 3.63) is 110 Å². The number of esters is 1. The number of rotatable bonds is 4. The Morgan fingerprint density at radius 1 is 1.00 bits per heavy atom. The van der Waals surface area contributed by atoms with Crippen LogP contribution in [0.25, 0.3) is 16.9 Å². The molecule has 0 saturated heterocycles. The SMILES string of the molecule is COC(=O)C1=C(C)Nc2[nH]c(=O)[nH]c(=O)c2C1c1cn(-c2ccccc2)nc1-c1ccccc1. The van der Waals surface area contributed by atoms with Crippen LogP contribution in [0.1, 0.15) is 24.0 Å². The number of carbonyl (C=O) groups is 1. The Hall–Kier alpha value is -4.66. The van der Waals surface area contributed by atoms with Gasteiger partial charge >= 0.3 is 11.7 Å². The summed E-state index contributed by atoms with van der Waals surface area (Å²) < 4.78 is 6.79. The maximum absolute atomic E-state index is 13.0. The molecule has 0 bridgehead atoms. The van der Waals surface area contributed by atoms with E-state index in [1.807, 2.05) is 60.7 Å². The van der Waals surface area contributed by atoms with E-state index in [1.165, 1.54) is 7.11 Å². The Kier molecular flexibility index (Phi) is 5.21. The van der Waals surface area contributed by atoms with Crippen LogP contribution in [0.2, 0.25) is 0 Å². The maximum atomic E-state index is 13.0. The highest BCUT2D eigenvalue weighted by Crippen LogP contribution is 2.42. The number of para-hydroxylation sites is 1. The van der Waals surface area contributed by atoms with E-state index in [0.29, 0.717) is 17.0 Å². The van der Waals surface area contributed by atoms with Crippen LogP contribution in [0.15, 0.2) is 87.7 Å². The summed E-state index contributed by atoms with van der Waals surface area (Å²) in [4.78, 5) is 42.9. The molecular formula is C25H21N5O4. The van der Waals surface area contributed by atoms with Crippen molar-refractivity contribution in [1.29, 1.82) is 0 Å². The summed E-state index contributed by atoms with van der Waals surface area (Å²) in [7, 11) is 1.29. The Balaban J connectivity index is 1.84. The molecule has 9 heteroatoms. The van der Waals surface area contributed by atoms with Gasteiger partial charge < -0.3 is 10.1 Å². The molecule has 34 heavy (non-hydrogen) atoms. The molecule has 0 saturated carbocycles. The lowest BCUT2D eigenvalue weighted by atomic mass is 9.81. The van der Waals surface area contributed by atoms with E-state index in [4.69, 9.17) is 9.84 Å². The minimum atomic E-state index is -0.836. The molecule has 170 valence electrons. The second kappa shape index (κ2) is 8.36. The monoisotopic (exact) mass is 455 g/mol. The average molecular weight is 455 g/mol. The van der Waals surface area contributed by atoms with Crippen LogP contribution < -0.4 is 16.6 Å². The van der Waals surface area contributed by atoms with E-state index in [2.05, 4.69) is 15.3 Å². The zero-order chi connectivity index (χ0) is 23.8. The van der Waals surface area contributed by atoms with Crippen molar-refractivity contribution in [2.24, 2.45) is 0 Å². The number of ether oxygens (including phenoxy) is 1. The van der Waals surface area contributed by atoms with Crippen molar-refractivity contribution in [2.45, 2.75) is 12.8 Å². The molecule has 3 N–H and O–H groups in total. The number of aromatic amines is 2. The fraction of sp³-hybridized carbons (Fsp3) is 0.120. The molecule has 1 aliphatic heterocycles. The first-order valence-electron chi connectivity index (χ1n) is 10.6. The number of nitrogens with one attached hydrogen (secondary N) is 3. The summed E-state index contributed by atoms with van der Waals surface area (Å²) >= 11 is 0. The van der Waals surface area contributed by atoms with E-state index in [9.17, 15) is 14.4 Å². The third kappa shape index (κ3) is 3.53. The molecule has 5 rings (SSSR count). The van der Waals surface area contributed by atoms with Crippen LogP contribution in [0.5, 0.6) is 0 Å². The number of H-pyrrole nitrogens is 2. The highest BCUT2D eigenvalue weighted by molar-refractivity contribution is 5.95. The van der Waals surface area contributed by atoms with E-state index < -0.39 is 23.1 Å². The van der Waals surface area contributed by atoms with Gasteiger partial charge in [0, 0.05) is 23.0 Å². The molecule has 0 aliphatic carbocycles. The quantitative estimate of drug-likeness (QED) is 0.407. The number of fused-ring (bicyclic) bond motifs is 1. The van der Waals surface area contributed by atoms with Crippen molar-refractivity contribution in [2.75, 3.05) is 12.4 Å². The van der Waals surface area contributed by atoms with E-state index in [-0.39, 0.29) is 17.0 Å². The third-order valence-corrected chi connectivity index (χ3v) is 5.80. The predicted molar refractivity (Wildman–Crippen MR) is 127 cm³/mol. The molecule has 1 atom stereocenters. The fourth-order valence-electron chi connectivity index (χ4n) is 4.31. The van der Waals surface area contributed by atoms with Crippen LogP contribution in [0, 0.1) is 0 Å². The summed E-state index contributed by atoms with van der Waals surface area (Å²) in [6.07, 6.45) is 1.80. The summed E-state index contributed by atoms with van der Waals surface area (Å²) in [6, 6.07) is 19.0. The van der Waals surface area contributed by atoms with E-state index in [0.717, 1.165) is 11.3 Å². The van der Waals surface area contributed by atoms with Gasteiger partial charge in [-0.2, -0.15) is 5.10 Å². The number of methoxy groups -OCH3 is 1. The molecule has 1 unspecified atom stereocenters. The lowest BCUT2D eigenvalue weighted by molar-refractivity contribution is -0.136. The third-order valence-electron chi connectivity index (χ3n) is 5.80. The number of hydrogen-bond acceptors (Lipinski definition) is 6. The Morgan fingerprint density at radius 3 is 2.35 bits per heavy atom. The molecule has 4 aromatic rings. The van der Waals surface area contributed by atoms with Crippen LogP contribution in [0.3, 0.4) is 0 Å². The molecule has 2 aromatic carbocycles. The molecule has 9 nitrogen and oxygen atoms in total. The Bertz CT molecular complexity index is 1530. The summed E-state index contributed by atoms with van der Waals surface area (Å²) in [6.45, 7) is 1.70. The lowest BCUT2D eigenvalue weighted by Gasteiger charge is -2.28. The molecule has 1 aliphatic rings. The van der Waals surface area contributed by atoms with Gasteiger partial charge in [0.25, 0.3) is 5.56 Å². The molecule has 0 spiro atoms. The van der Waals surface area contributed by atoms with Gasteiger partial charge in [0.05, 0.1) is 35.5 Å². The first kappa shape index (κ1) is 21.2. The minimum Gasteiger partial charge on any atom is -0.466 e. The van der Waals surface area contributed by atoms with Crippen LogP contribution in [-0.2, 0) is 9.53 Å². The second-order valence-electron chi connectivity index (χ2n) is 7.86. The molecule has 0 amide bonds. The van der Waals surface area contributed by atoms with Gasteiger partial charge in [0.15, 0.2) is 0 Å². The standard InChI is InChI=1S/C25H21N5O4/c1-14-18(24(32)34-2)19(20-22(26-14)27-25(33)28-23(20)31)17-13-30(16-11-7-4-8-12-16)29-21(17)15-9-5-3-6-10-15/h3-13,19H,1-2H3,(H3,26,27,28,31,33). The van der Waals surface area contributed by atoms with Crippen molar-refractivity contribution < 1.29 is 9.53 Å². The van der Waals surface area contributed by atoms with Gasteiger partial charge in [0.2, 0.25) is 0 Å². The average Bonchev–Trinajstić information content (AvgIpc) is 3.29. The van der Waals surface area contributed by atoms with Crippen molar-refractivity contribution >= 4 is 11.8 Å². The summed E-state index contributed by atoms with van der Waals surface area (Å²) in [5, 5.41) is 7.81. The van der Waals surface area contributed by atoms with Crippen molar-refractivity contribution in [3.8, 4) is 16.9 Å². The normalized spacial score (nSPS) is 14.9. The van der Waals surface area contributed by atoms with Gasteiger partial charge in [0.1, 0.15) is 5.82 Å². The van der Waals surface area contributed by atoms with E-state index in [1.54, 1.807) is 17.8 Å². The first-order chi connectivity index (χ1) is 16.5. The van der Waals surface area contributed by atoms with Gasteiger partial charge in [-0.25, -0.2) is 14.3 Å². The first-order valence-corrected chi connectivity index (χ1v) is 10.6. The number of carbonyl (C=O) groups excluding carboxylic acids is 1. The van der Waals surface area contributed by atoms with Crippen molar-refractivity contribution in [3.63, 3.8) is 0 Å². The molecule has 0 radical (unpaired) electrons. The smallest absolute Gasteiger partial charge is 0.336 e. The Labute approximate surface area is 193 Å². The van der Waals surface area contributed by atoms with Gasteiger partial charge in [-0.3, -0.25) is 14.8 Å². The largest absolute Gasteiger partial charge is 0.466 e. The molecule has 2 aromatic heterocycles. The van der Waals surface area contributed by atoms with Gasteiger partial charge in [-0.15, -0.1) is 0 Å². The zero-order valence-electron chi connectivity index (χ0n) is 18.5. The van der Waals surface area contributed by atoms with Gasteiger partial charge in [-0.05, 0) is 19.1 Å². The highest BCUT2D eigenvalue weighted by atomic mass is 16.5. The summed E-state index contributed by atoms with van der Waals surface area (Å²) in [5.41, 5.74) is 2.54.